The quantitative estimate of drug-likeness (QED) is 0.820. The van der Waals surface area contributed by atoms with E-state index in [0.717, 1.165) is 5.56 Å². The van der Waals surface area contributed by atoms with Gasteiger partial charge in [0.25, 0.3) is 0 Å². The van der Waals surface area contributed by atoms with Crippen molar-refractivity contribution >= 4 is 29.4 Å². The van der Waals surface area contributed by atoms with Crippen LogP contribution in [-0.2, 0) is 9.59 Å². The van der Waals surface area contributed by atoms with Crippen molar-refractivity contribution in [1.29, 1.82) is 0 Å². The molecule has 2 aromatic rings. The van der Waals surface area contributed by atoms with E-state index in [2.05, 4.69) is 10.5 Å². The van der Waals surface area contributed by atoms with E-state index in [0.29, 0.717) is 11.6 Å². The molecule has 0 saturated carbocycles. The van der Waals surface area contributed by atoms with Crippen molar-refractivity contribution in [3.05, 3.63) is 47.2 Å². The Bertz CT molecular complexity index is 727. The average molecular weight is 361 g/mol. The molecule has 6 nitrogen and oxygen atoms in total. The van der Waals surface area contributed by atoms with E-state index >= 15 is 0 Å². The number of amides is 2. The third-order valence-corrected chi connectivity index (χ3v) is 4.81. The van der Waals surface area contributed by atoms with Crippen LogP contribution >= 0.6 is 11.8 Å². The number of thioether (sulfide) groups is 1. The van der Waals surface area contributed by atoms with Crippen LogP contribution in [0.25, 0.3) is 0 Å². The van der Waals surface area contributed by atoms with Crippen LogP contribution in [0.1, 0.15) is 29.9 Å². The molecule has 25 heavy (non-hydrogen) atoms. The molecule has 2 rings (SSSR count). The topological polar surface area (TPSA) is 75.4 Å². The highest BCUT2D eigenvalue weighted by Gasteiger charge is 2.17. The summed E-state index contributed by atoms with van der Waals surface area (Å²) >= 11 is 1.28. The molecule has 0 fully saturated rings. The smallest absolute Gasteiger partial charge is 0.235 e. The van der Waals surface area contributed by atoms with Crippen molar-refractivity contribution in [3.8, 4) is 0 Å². The Labute approximate surface area is 151 Å². The maximum atomic E-state index is 12.3. The first-order valence-corrected chi connectivity index (χ1v) is 9.15. The lowest BCUT2D eigenvalue weighted by Crippen LogP contribution is -2.31. The van der Waals surface area contributed by atoms with E-state index in [1.54, 1.807) is 24.9 Å². The number of nitrogens with zero attached hydrogens (tertiary/aromatic N) is 2. The summed E-state index contributed by atoms with van der Waals surface area (Å²) in [5.41, 5.74) is 2.28. The van der Waals surface area contributed by atoms with Gasteiger partial charge in [-0.3, -0.25) is 9.59 Å². The number of aromatic nitrogens is 1. The summed E-state index contributed by atoms with van der Waals surface area (Å²) in [6.45, 7) is 5.78. The molecule has 0 aliphatic heterocycles. The van der Waals surface area contributed by atoms with E-state index in [1.165, 1.54) is 17.3 Å². The maximum absolute atomic E-state index is 12.3. The number of hydrogen-bond donors (Lipinski definition) is 1. The summed E-state index contributed by atoms with van der Waals surface area (Å²) in [4.78, 5) is 25.8. The fourth-order valence-electron chi connectivity index (χ4n) is 2.22. The molecule has 1 aromatic carbocycles. The molecule has 0 aliphatic carbocycles. The van der Waals surface area contributed by atoms with E-state index in [1.807, 2.05) is 38.1 Å². The van der Waals surface area contributed by atoms with Crippen molar-refractivity contribution < 1.29 is 14.1 Å². The molecule has 0 saturated heterocycles. The number of hydrogen-bond acceptors (Lipinski definition) is 5. The number of nitrogens with one attached hydrogen (secondary N) is 1. The molecular weight excluding hydrogens is 338 g/mol. The molecule has 2 amide bonds. The van der Waals surface area contributed by atoms with Crippen LogP contribution in [0, 0.1) is 13.8 Å². The molecule has 0 aliphatic rings. The first-order valence-electron chi connectivity index (χ1n) is 8.00. The predicted molar refractivity (Wildman–Crippen MR) is 99.6 cm³/mol. The predicted octanol–water partition coefficient (Wildman–Crippen LogP) is 3.18. The lowest BCUT2D eigenvalue weighted by atomic mass is 10.1. The third kappa shape index (κ3) is 5.63. The van der Waals surface area contributed by atoms with Gasteiger partial charge in [0.05, 0.1) is 17.5 Å². The highest BCUT2D eigenvalue weighted by Crippen LogP contribution is 2.20. The van der Waals surface area contributed by atoms with E-state index in [4.69, 9.17) is 4.52 Å². The maximum Gasteiger partial charge on any atom is 0.235 e. The zero-order valence-corrected chi connectivity index (χ0v) is 15.7. The molecule has 134 valence electrons. The SMILES string of the molecule is Cc1ccc(C(C)N(C)C(=O)CSCC(=O)Nc2cc(C)on2)cc1. The molecule has 7 heteroatoms. The second-order valence-corrected chi connectivity index (χ2v) is 6.94. The average Bonchev–Trinajstić information content (AvgIpc) is 2.98. The molecule has 1 N–H and O–H groups in total. The minimum Gasteiger partial charge on any atom is -0.360 e. The van der Waals surface area contributed by atoms with Gasteiger partial charge in [0.2, 0.25) is 11.8 Å². The van der Waals surface area contributed by atoms with E-state index in [-0.39, 0.29) is 29.4 Å². The van der Waals surface area contributed by atoms with Gasteiger partial charge in [-0.05, 0) is 26.3 Å². The Hall–Kier alpha value is -2.28. The van der Waals surface area contributed by atoms with Crippen molar-refractivity contribution in [2.75, 3.05) is 23.9 Å². The Morgan fingerprint density at radius 1 is 1.24 bits per heavy atom. The minimum atomic E-state index is -0.208. The van der Waals surface area contributed by atoms with Gasteiger partial charge in [-0.1, -0.05) is 35.0 Å². The molecule has 0 spiro atoms. The molecule has 1 aromatic heterocycles. The molecular formula is C18H23N3O3S. The lowest BCUT2D eigenvalue weighted by Gasteiger charge is -2.25. The van der Waals surface area contributed by atoms with E-state index < -0.39 is 0 Å². The summed E-state index contributed by atoms with van der Waals surface area (Å²) in [5, 5.41) is 6.33. The van der Waals surface area contributed by atoms with Crippen LogP contribution in [0.5, 0.6) is 0 Å². The van der Waals surface area contributed by atoms with Crippen LogP contribution in [-0.4, -0.2) is 40.4 Å². The standard InChI is InChI=1S/C18H23N3O3S/c1-12-5-7-15(8-6-12)14(3)21(4)18(23)11-25-10-17(22)19-16-9-13(2)24-20-16/h5-9,14H,10-11H2,1-4H3,(H,19,20,22). The molecule has 1 unspecified atom stereocenters. The second-order valence-electron chi connectivity index (χ2n) is 5.96. The van der Waals surface area contributed by atoms with Gasteiger partial charge in [0.15, 0.2) is 5.82 Å². The van der Waals surface area contributed by atoms with Crippen molar-refractivity contribution in [1.82, 2.24) is 10.1 Å². The van der Waals surface area contributed by atoms with Crippen molar-refractivity contribution in [3.63, 3.8) is 0 Å². The third-order valence-electron chi connectivity index (χ3n) is 3.89. The van der Waals surface area contributed by atoms with Crippen molar-refractivity contribution in [2.24, 2.45) is 0 Å². The van der Waals surface area contributed by atoms with Gasteiger partial charge in [-0.25, -0.2) is 0 Å². The van der Waals surface area contributed by atoms with Crippen LogP contribution in [0.3, 0.4) is 0 Å². The first-order chi connectivity index (χ1) is 11.9. The second kappa shape index (κ2) is 8.71. The molecule has 0 radical (unpaired) electrons. The fourth-order valence-corrected chi connectivity index (χ4v) is 2.96. The molecule has 1 atom stereocenters. The number of carbonyl (C=O) groups excluding carboxylic acids is 2. The van der Waals surface area contributed by atoms with E-state index in [9.17, 15) is 9.59 Å². The van der Waals surface area contributed by atoms with Crippen LogP contribution in [0.2, 0.25) is 0 Å². The molecule has 0 bridgehead atoms. The van der Waals surface area contributed by atoms with Crippen LogP contribution in [0.4, 0.5) is 5.82 Å². The largest absolute Gasteiger partial charge is 0.360 e. The Morgan fingerprint density at radius 3 is 2.52 bits per heavy atom. The number of carbonyl (C=O) groups is 2. The van der Waals surface area contributed by atoms with Gasteiger partial charge in [0, 0.05) is 13.1 Å². The Balaban J connectivity index is 1.77. The number of rotatable bonds is 7. The summed E-state index contributed by atoms with van der Waals surface area (Å²) in [7, 11) is 1.78. The summed E-state index contributed by atoms with van der Waals surface area (Å²) in [6, 6.07) is 9.77. The van der Waals surface area contributed by atoms with Gasteiger partial charge in [0.1, 0.15) is 5.76 Å². The minimum absolute atomic E-state index is 0.0110. The fraction of sp³-hybridized carbons (Fsp3) is 0.389. The summed E-state index contributed by atoms with van der Waals surface area (Å²) < 4.78 is 4.88. The molecule has 1 heterocycles. The Morgan fingerprint density at radius 2 is 1.92 bits per heavy atom. The lowest BCUT2D eigenvalue weighted by molar-refractivity contribution is -0.128. The van der Waals surface area contributed by atoms with Crippen molar-refractivity contribution in [2.45, 2.75) is 26.8 Å². The van der Waals surface area contributed by atoms with Crippen LogP contribution in [0.15, 0.2) is 34.9 Å². The number of benzene rings is 1. The normalized spacial score (nSPS) is 11.8. The number of anilines is 1. The van der Waals surface area contributed by atoms with Gasteiger partial charge in [-0.2, -0.15) is 0 Å². The number of aryl methyl sites for hydroxylation is 2. The summed E-state index contributed by atoms with van der Waals surface area (Å²) in [5.74, 6) is 1.23. The van der Waals surface area contributed by atoms with Gasteiger partial charge < -0.3 is 14.7 Å². The summed E-state index contributed by atoms with van der Waals surface area (Å²) in [6.07, 6.45) is 0. The zero-order valence-electron chi connectivity index (χ0n) is 14.9. The van der Waals surface area contributed by atoms with Gasteiger partial charge >= 0.3 is 0 Å². The Kier molecular flexibility index (Phi) is 6.64. The monoisotopic (exact) mass is 361 g/mol. The zero-order chi connectivity index (χ0) is 18.4. The van der Waals surface area contributed by atoms with Gasteiger partial charge in [-0.15, -0.1) is 11.8 Å². The first kappa shape index (κ1) is 19.1. The highest BCUT2D eigenvalue weighted by atomic mass is 32.2. The highest BCUT2D eigenvalue weighted by molar-refractivity contribution is 8.00. The van der Waals surface area contributed by atoms with Crippen LogP contribution < -0.4 is 5.32 Å².